The largest absolute Gasteiger partial charge is 0.375 e. The van der Waals surface area contributed by atoms with Gasteiger partial charge >= 0.3 is 0 Å². The number of likely N-dealkylation sites (N-methyl/N-ethyl adjacent to an activating group) is 1. The van der Waals surface area contributed by atoms with Gasteiger partial charge in [0, 0.05) is 26.2 Å². The monoisotopic (exact) mass is 270 g/mol. The maximum absolute atomic E-state index is 11.8. The van der Waals surface area contributed by atoms with Crippen LogP contribution in [-0.2, 0) is 10.4 Å². The third kappa shape index (κ3) is 1.66. The van der Waals surface area contributed by atoms with Gasteiger partial charge in [0.25, 0.3) is 5.91 Å². The van der Waals surface area contributed by atoms with Gasteiger partial charge < -0.3 is 10.0 Å². The predicted molar refractivity (Wildman–Crippen MR) is 58.1 cm³/mol. The van der Waals surface area contributed by atoms with Crippen LogP contribution in [-0.4, -0.2) is 34.5 Å². The Morgan fingerprint density at radius 3 is 2.93 bits per heavy atom. The molecule has 0 saturated carbocycles. The molecule has 1 amide bonds. The van der Waals surface area contributed by atoms with Crippen LogP contribution >= 0.6 is 15.9 Å². The van der Waals surface area contributed by atoms with Crippen molar-refractivity contribution in [2.75, 3.05) is 13.6 Å². The van der Waals surface area contributed by atoms with Crippen molar-refractivity contribution in [2.24, 2.45) is 0 Å². The minimum absolute atomic E-state index is 0.249. The number of amides is 1. The molecule has 0 aliphatic carbocycles. The van der Waals surface area contributed by atoms with Crippen molar-refractivity contribution < 1.29 is 9.90 Å². The molecule has 0 radical (unpaired) electrons. The van der Waals surface area contributed by atoms with E-state index >= 15 is 0 Å². The van der Waals surface area contributed by atoms with Crippen molar-refractivity contribution in [3.63, 3.8) is 0 Å². The molecule has 1 aromatic rings. The molecule has 1 aromatic heterocycles. The zero-order valence-corrected chi connectivity index (χ0v) is 9.86. The average Bonchev–Trinajstić information content (AvgIpc) is 2.48. The standard InChI is InChI=1S/C10H11BrN2O2/c1-13-5-3-10(15,9(13)14)7-2-4-12-8(11)6-7/h2,4,6,15H,3,5H2,1H3. The fourth-order valence-electron chi connectivity index (χ4n) is 1.78. The summed E-state index contributed by atoms with van der Waals surface area (Å²) < 4.78 is 0.621. The van der Waals surface area contributed by atoms with E-state index in [9.17, 15) is 9.90 Å². The number of rotatable bonds is 1. The second-order valence-corrected chi connectivity index (χ2v) is 4.52. The number of hydrogen-bond acceptors (Lipinski definition) is 3. The summed E-state index contributed by atoms with van der Waals surface area (Å²) in [5.74, 6) is -0.249. The van der Waals surface area contributed by atoms with E-state index in [-0.39, 0.29) is 5.91 Å². The topological polar surface area (TPSA) is 53.4 Å². The minimum atomic E-state index is -1.37. The van der Waals surface area contributed by atoms with Crippen molar-refractivity contribution in [1.29, 1.82) is 0 Å². The molecule has 4 nitrogen and oxygen atoms in total. The Kier molecular flexibility index (Phi) is 2.52. The van der Waals surface area contributed by atoms with Crippen LogP contribution < -0.4 is 0 Å². The van der Waals surface area contributed by atoms with Crippen LogP contribution in [0.4, 0.5) is 0 Å². The molecule has 80 valence electrons. The van der Waals surface area contributed by atoms with Gasteiger partial charge in [0.15, 0.2) is 5.60 Å². The van der Waals surface area contributed by atoms with Gasteiger partial charge in [-0.15, -0.1) is 0 Å². The number of aliphatic hydroxyl groups is 1. The van der Waals surface area contributed by atoms with Gasteiger partial charge in [-0.25, -0.2) is 4.98 Å². The van der Waals surface area contributed by atoms with Gasteiger partial charge in [-0.1, -0.05) is 0 Å². The summed E-state index contributed by atoms with van der Waals surface area (Å²) in [5.41, 5.74) is -0.779. The summed E-state index contributed by atoms with van der Waals surface area (Å²) in [6.07, 6.45) is 2.00. The highest BCUT2D eigenvalue weighted by Crippen LogP contribution is 2.32. The van der Waals surface area contributed by atoms with Crippen LogP contribution in [0.5, 0.6) is 0 Å². The van der Waals surface area contributed by atoms with Crippen molar-refractivity contribution in [3.8, 4) is 0 Å². The van der Waals surface area contributed by atoms with Crippen molar-refractivity contribution in [2.45, 2.75) is 12.0 Å². The normalized spacial score (nSPS) is 26.1. The molecule has 1 N–H and O–H groups in total. The van der Waals surface area contributed by atoms with Crippen LogP contribution in [0.2, 0.25) is 0 Å². The average molecular weight is 271 g/mol. The molecule has 1 atom stereocenters. The number of carbonyl (C=O) groups excluding carboxylic acids is 1. The van der Waals surface area contributed by atoms with Gasteiger partial charge in [0.1, 0.15) is 4.60 Å². The van der Waals surface area contributed by atoms with Gasteiger partial charge in [-0.3, -0.25) is 4.79 Å². The lowest BCUT2D eigenvalue weighted by molar-refractivity contribution is -0.143. The Morgan fingerprint density at radius 2 is 2.40 bits per heavy atom. The fraction of sp³-hybridized carbons (Fsp3) is 0.400. The maximum atomic E-state index is 11.8. The van der Waals surface area contributed by atoms with Crippen molar-refractivity contribution in [1.82, 2.24) is 9.88 Å². The molecule has 0 bridgehead atoms. The second-order valence-electron chi connectivity index (χ2n) is 3.70. The molecular weight excluding hydrogens is 260 g/mol. The van der Waals surface area contributed by atoms with Gasteiger partial charge in [-0.05, 0) is 33.6 Å². The fourth-order valence-corrected chi connectivity index (χ4v) is 2.15. The summed E-state index contributed by atoms with van der Waals surface area (Å²) in [4.78, 5) is 17.3. The zero-order valence-electron chi connectivity index (χ0n) is 8.27. The van der Waals surface area contributed by atoms with E-state index in [0.717, 1.165) is 0 Å². The number of pyridine rings is 1. The molecule has 0 spiro atoms. The number of hydrogen-bond donors (Lipinski definition) is 1. The highest BCUT2D eigenvalue weighted by Gasteiger charge is 2.45. The van der Waals surface area contributed by atoms with Crippen LogP contribution in [0.3, 0.4) is 0 Å². The Labute approximate surface area is 96.1 Å². The third-order valence-corrected chi connectivity index (χ3v) is 3.15. The smallest absolute Gasteiger partial charge is 0.258 e. The molecule has 15 heavy (non-hydrogen) atoms. The predicted octanol–water partition coefficient (Wildman–Crippen LogP) is 0.894. The first kappa shape index (κ1) is 10.6. The highest BCUT2D eigenvalue weighted by atomic mass is 79.9. The summed E-state index contributed by atoms with van der Waals surface area (Å²) in [5, 5.41) is 10.3. The maximum Gasteiger partial charge on any atom is 0.258 e. The van der Waals surface area contributed by atoms with E-state index in [1.54, 1.807) is 25.4 Å². The van der Waals surface area contributed by atoms with E-state index in [0.29, 0.717) is 23.1 Å². The molecule has 1 aliphatic rings. The first-order chi connectivity index (χ1) is 7.04. The SMILES string of the molecule is CN1CCC(O)(c2ccnc(Br)c2)C1=O. The van der Waals surface area contributed by atoms with E-state index in [1.807, 2.05) is 0 Å². The Hall–Kier alpha value is -0.940. The first-order valence-electron chi connectivity index (χ1n) is 4.64. The van der Waals surface area contributed by atoms with Crippen LogP contribution in [0.15, 0.2) is 22.9 Å². The van der Waals surface area contributed by atoms with E-state index in [4.69, 9.17) is 0 Å². The summed E-state index contributed by atoms with van der Waals surface area (Å²) in [6, 6.07) is 3.35. The molecular formula is C10H11BrN2O2. The summed E-state index contributed by atoms with van der Waals surface area (Å²) in [6.45, 7) is 0.579. The van der Waals surface area contributed by atoms with E-state index < -0.39 is 5.60 Å². The quantitative estimate of drug-likeness (QED) is 0.772. The molecule has 1 aliphatic heterocycles. The first-order valence-corrected chi connectivity index (χ1v) is 5.43. The van der Waals surface area contributed by atoms with Gasteiger partial charge in [0.2, 0.25) is 0 Å². The number of likely N-dealkylation sites (tertiary alicyclic amines) is 1. The Balaban J connectivity index is 2.42. The molecule has 2 rings (SSSR count). The molecule has 1 fully saturated rings. The highest BCUT2D eigenvalue weighted by molar-refractivity contribution is 9.10. The number of nitrogens with zero attached hydrogens (tertiary/aromatic N) is 2. The Bertz CT molecular complexity index is 410. The number of aromatic nitrogens is 1. The second kappa shape index (κ2) is 3.57. The molecule has 2 heterocycles. The number of carbonyl (C=O) groups is 1. The number of halogens is 1. The lowest BCUT2D eigenvalue weighted by Gasteiger charge is -2.20. The zero-order chi connectivity index (χ0) is 11.1. The van der Waals surface area contributed by atoms with Crippen LogP contribution in [0.25, 0.3) is 0 Å². The lowest BCUT2D eigenvalue weighted by Crippen LogP contribution is -2.36. The van der Waals surface area contributed by atoms with Crippen molar-refractivity contribution >= 4 is 21.8 Å². The summed E-state index contributed by atoms with van der Waals surface area (Å²) >= 11 is 3.22. The van der Waals surface area contributed by atoms with Crippen molar-refractivity contribution in [3.05, 3.63) is 28.5 Å². The lowest BCUT2D eigenvalue weighted by atomic mass is 9.93. The van der Waals surface area contributed by atoms with Crippen LogP contribution in [0.1, 0.15) is 12.0 Å². The molecule has 1 unspecified atom stereocenters. The van der Waals surface area contributed by atoms with Gasteiger partial charge in [-0.2, -0.15) is 0 Å². The van der Waals surface area contributed by atoms with E-state index in [1.165, 1.54) is 4.90 Å². The molecule has 5 heteroatoms. The van der Waals surface area contributed by atoms with E-state index in [2.05, 4.69) is 20.9 Å². The minimum Gasteiger partial charge on any atom is -0.375 e. The van der Waals surface area contributed by atoms with Crippen LogP contribution in [0, 0.1) is 0 Å². The third-order valence-electron chi connectivity index (χ3n) is 2.71. The molecule has 1 saturated heterocycles. The van der Waals surface area contributed by atoms with Gasteiger partial charge in [0.05, 0.1) is 0 Å². The Morgan fingerprint density at radius 1 is 1.67 bits per heavy atom. The molecule has 0 aromatic carbocycles. The summed E-state index contributed by atoms with van der Waals surface area (Å²) in [7, 11) is 1.69.